The number of hydrogen-bond donors (Lipinski definition) is 3. The molecule has 5 aromatic rings. The Bertz CT molecular complexity index is 1850. The van der Waals surface area contributed by atoms with Crippen LogP contribution in [0.2, 0.25) is 0 Å². The largest absolute Gasteiger partial charge is 0.457 e. The maximum atomic E-state index is 13.4. The van der Waals surface area contributed by atoms with Crippen LogP contribution < -0.4 is 25.4 Å². The predicted molar refractivity (Wildman–Crippen MR) is 173 cm³/mol. The molecule has 2 heterocycles. The second kappa shape index (κ2) is 13.7. The summed E-state index contributed by atoms with van der Waals surface area (Å²) in [5, 5.41) is 8.39. The first-order valence-electron chi connectivity index (χ1n) is 14.0. The summed E-state index contributed by atoms with van der Waals surface area (Å²) in [6.07, 6.45) is 1.49. The van der Waals surface area contributed by atoms with Crippen LogP contribution in [0.15, 0.2) is 130 Å². The highest BCUT2D eigenvalue weighted by atomic mass is 32.2. The van der Waals surface area contributed by atoms with Crippen LogP contribution in [0.4, 0.5) is 11.4 Å². The van der Waals surface area contributed by atoms with Crippen molar-refractivity contribution in [2.24, 2.45) is 0 Å². The summed E-state index contributed by atoms with van der Waals surface area (Å²) in [5.41, 5.74) is 2.44. The molecule has 6 rings (SSSR count). The van der Waals surface area contributed by atoms with Gasteiger partial charge in [0.05, 0.1) is 5.75 Å². The standard InChI is InChI=1S/C35H27N3O6S/c39-33(36-26-13-17-31-32(19-26)43-22-42-31)21-45-28-15-11-25(12-16-28)37-35(41)29(38-34(40)24-9-5-2-6-10-24)20-27-14-18-30(44-27)23-7-3-1-4-8-23/h1-20H,21-22H2,(H,36,39)(H,37,41)(H,38,40)/b29-20-. The molecule has 0 bridgehead atoms. The van der Waals surface area contributed by atoms with Crippen molar-refractivity contribution in [2.45, 2.75) is 4.90 Å². The first-order chi connectivity index (χ1) is 22.0. The highest BCUT2D eigenvalue weighted by molar-refractivity contribution is 8.00. The molecule has 0 aliphatic carbocycles. The minimum Gasteiger partial charge on any atom is -0.457 e. The summed E-state index contributed by atoms with van der Waals surface area (Å²) in [4.78, 5) is 39.7. The van der Waals surface area contributed by atoms with E-state index in [2.05, 4.69) is 16.0 Å². The van der Waals surface area contributed by atoms with Crippen LogP contribution in [0, 0.1) is 0 Å². The van der Waals surface area contributed by atoms with E-state index in [1.165, 1.54) is 17.8 Å². The zero-order chi connectivity index (χ0) is 31.0. The third-order valence-corrected chi connectivity index (χ3v) is 7.65. The molecular formula is C35H27N3O6S. The molecule has 1 aliphatic rings. The fourth-order valence-corrected chi connectivity index (χ4v) is 5.12. The Morgan fingerprint density at radius 1 is 0.733 bits per heavy atom. The molecule has 0 radical (unpaired) electrons. The molecule has 1 aliphatic heterocycles. The molecule has 3 amide bonds. The lowest BCUT2D eigenvalue weighted by atomic mass is 10.2. The third-order valence-electron chi connectivity index (χ3n) is 6.64. The number of carbonyl (C=O) groups is 3. The van der Waals surface area contributed by atoms with E-state index in [4.69, 9.17) is 13.9 Å². The number of thioether (sulfide) groups is 1. The van der Waals surface area contributed by atoms with E-state index in [9.17, 15) is 14.4 Å². The average Bonchev–Trinajstić information content (AvgIpc) is 3.74. The van der Waals surface area contributed by atoms with Crippen molar-refractivity contribution in [2.75, 3.05) is 23.2 Å². The van der Waals surface area contributed by atoms with Crippen molar-refractivity contribution in [1.82, 2.24) is 5.32 Å². The molecule has 0 saturated carbocycles. The van der Waals surface area contributed by atoms with E-state index >= 15 is 0 Å². The van der Waals surface area contributed by atoms with E-state index in [0.717, 1.165) is 10.5 Å². The van der Waals surface area contributed by atoms with E-state index < -0.39 is 11.8 Å². The number of anilines is 2. The topological polar surface area (TPSA) is 119 Å². The van der Waals surface area contributed by atoms with Crippen molar-refractivity contribution in [3.05, 3.63) is 132 Å². The molecule has 0 fully saturated rings. The van der Waals surface area contributed by atoms with Gasteiger partial charge in [-0.05, 0) is 60.7 Å². The van der Waals surface area contributed by atoms with Gasteiger partial charge in [-0.15, -0.1) is 11.8 Å². The van der Waals surface area contributed by atoms with Gasteiger partial charge in [0.1, 0.15) is 17.2 Å². The Balaban J connectivity index is 1.10. The first-order valence-corrected chi connectivity index (χ1v) is 15.0. The summed E-state index contributed by atoms with van der Waals surface area (Å²) < 4.78 is 16.6. The molecule has 4 aromatic carbocycles. The SMILES string of the molecule is O=C(CSc1ccc(NC(=O)/C(=C/c2ccc(-c3ccccc3)o2)NC(=O)c2ccccc2)cc1)Nc1ccc2c(c1)OCO2. The Morgan fingerprint density at radius 2 is 1.44 bits per heavy atom. The van der Waals surface area contributed by atoms with Crippen LogP contribution in [0.25, 0.3) is 17.4 Å². The monoisotopic (exact) mass is 617 g/mol. The lowest BCUT2D eigenvalue weighted by molar-refractivity contribution is -0.114. The average molecular weight is 618 g/mol. The van der Waals surface area contributed by atoms with Gasteiger partial charge in [-0.2, -0.15) is 0 Å². The molecule has 0 spiro atoms. The predicted octanol–water partition coefficient (Wildman–Crippen LogP) is 6.82. The minimum absolute atomic E-state index is 0.0106. The van der Waals surface area contributed by atoms with Gasteiger partial charge in [0.25, 0.3) is 11.8 Å². The zero-order valence-electron chi connectivity index (χ0n) is 23.8. The third kappa shape index (κ3) is 7.62. The zero-order valence-corrected chi connectivity index (χ0v) is 24.6. The van der Waals surface area contributed by atoms with Crippen LogP contribution in [0.5, 0.6) is 11.5 Å². The van der Waals surface area contributed by atoms with Crippen molar-refractivity contribution in [1.29, 1.82) is 0 Å². The van der Waals surface area contributed by atoms with Gasteiger partial charge in [-0.25, -0.2) is 0 Å². The number of fused-ring (bicyclic) bond motifs is 1. The maximum absolute atomic E-state index is 13.4. The van der Waals surface area contributed by atoms with Crippen molar-refractivity contribution in [3.63, 3.8) is 0 Å². The van der Waals surface area contributed by atoms with Crippen molar-refractivity contribution < 1.29 is 28.3 Å². The lowest BCUT2D eigenvalue weighted by Crippen LogP contribution is -2.30. The summed E-state index contributed by atoms with van der Waals surface area (Å²) in [7, 11) is 0. The van der Waals surface area contributed by atoms with Gasteiger partial charge in [-0.1, -0.05) is 48.5 Å². The normalized spacial score (nSPS) is 12.0. The molecule has 0 atom stereocenters. The van der Waals surface area contributed by atoms with Gasteiger partial charge in [0.15, 0.2) is 11.5 Å². The van der Waals surface area contributed by atoms with Gasteiger partial charge in [0.2, 0.25) is 12.7 Å². The molecule has 3 N–H and O–H groups in total. The van der Waals surface area contributed by atoms with Crippen LogP contribution in [0.1, 0.15) is 16.1 Å². The first kappa shape index (κ1) is 29.3. The number of furan rings is 1. The number of hydrogen-bond acceptors (Lipinski definition) is 7. The Labute approximate surface area is 263 Å². The number of rotatable bonds is 10. The smallest absolute Gasteiger partial charge is 0.272 e. The molecule has 9 nitrogen and oxygen atoms in total. The lowest BCUT2D eigenvalue weighted by Gasteiger charge is -2.11. The van der Waals surface area contributed by atoms with E-state index in [-0.39, 0.29) is 24.2 Å². The van der Waals surface area contributed by atoms with Crippen LogP contribution in [0.3, 0.4) is 0 Å². The van der Waals surface area contributed by atoms with Crippen molar-refractivity contribution >= 4 is 46.9 Å². The van der Waals surface area contributed by atoms with Gasteiger partial charge in [0, 0.05) is 39.5 Å². The van der Waals surface area contributed by atoms with Gasteiger partial charge in [-0.3, -0.25) is 14.4 Å². The van der Waals surface area contributed by atoms with E-state index in [0.29, 0.717) is 40.0 Å². The summed E-state index contributed by atoms with van der Waals surface area (Å²) in [6, 6.07) is 34.0. The highest BCUT2D eigenvalue weighted by Gasteiger charge is 2.17. The van der Waals surface area contributed by atoms with Gasteiger partial charge >= 0.3 is 0 Å². The van der Waals surface area contributed by atoms with Crippen LogP contribution in [-0.4, -0.2) is 30.3 Å². The second-order valence-electron chi connectivity index (χ2n) is 9.83. The van der Waals surface area contributed by atoms with E-state index in [1.54, 1.807) is 72.8 Å². The molecule has 0 unspecified atom stereocenters. The Hall–Kier alpha value is -5.74. The van der Waals surface area contributed by atoms with Crippen LogP contribution >= 0.6 is 11.8 Å². The number of benzene rings is 4. The molecule has 224 valence electrons. The summed E-state index contributed by atoms with van der Waals surface area (Å²) in [5.74, 6) is 1.33. The maximum Gasteiger partial charge on any atom is 0.272 e. The fraction of sp³-hybridized carbons (Fsp3) is 0.0571. The van der Waals surface area contributed by atoms with E-state index in [1.807, 2.05) is 42.5 Å². The Morgan fingerprint density at radius 3 is 2.22 bits per heavy atom. The quantitative estimate of drug-likeness (QED) is 0.116. The number of carbonyl (C=O) groups excluding carboxylic acids is 3. The van der Waals surface area contributed by atoms with Crippen LogP contribution in [-0.2, 0) is 9.59 Å². The van der Waals surface area contributed by atoms with Crippen molar-refractivity contribution in [3.8, 4) is 22.8 Å². The Kier molecular flexibility index (Phi) is 8.93. The second-order valence-corrected chi connectivity index (χ2v) is 10.9. The molecule has 45 heavy (non-hydrogen) atoms. The summed E-state index contributed by atoms with van der Waals surface area (Å²) in [6.45, 7) is 0.165. The molecule has 10 heteroatoms. The number of amides is 3. The highest BCUT2D eigenvalue weighted by Crippen LogP contribution is 2.34. The number of ether oxygens (including phenoxy) is 2. The molecule has 1 aromatic heterocycles. The van der Waals surface area contributed by atoms with Gasteiger partial charge < -0.3 is 29.8 Å². The fourth-order valence-electron chi connectivity index (χ4n) is 4.43. The minimum atomic E-state index is -0.527. The molecular weight excluding hydrogens is 590 g/mol. The molecule has 0 saturated heterocycles. The number of nitrogens with one attached hydrogen (secondary N) is 3. The summed E-state index contributed by atoms with van der Waals surface area (Å²) >= 11 is 1.35.